The van der Waals surface area contributed by atoms with E-state index in [1.807, 2.05) is 6.92 Å². The van der Waals surface area contributed by atoms with Crippen molar-refractivity contribution in [2.24, 2.45) is 5.10 Å². The van der Waals surface area contributed by atoms with E-state index in [4.69, 9.17) is 10.5 Å². The third-order valence-electron chi connectivity index (χ3n) is 3.78. The van der Waals surface area contributed by atoms with E-state index in [-0.39, 0.29) is 23.1 Å². The Labute approximate surface area is 158 Å². The zero-order chi connectivity index (χ0) is 20.1. The summed E-state index contributed by atoms with van der Waals surface area (Å²) in [6.07, 6.45) is 2.50. The SMILES string of the molecule is CCCc1c(C(=O)N/N=C/c2cccc(OC)c2O)nnn1-c1nonc1N. The highest BCUT2D eigenvalue weighted by atomic mass is 16.6. The van der Waals surface area contributed by atoms with Crippen LogP contribution in [0.5, 0.6) is 11.5 Å². The Morgan fingerprint density at radius 2 is 2.29 bits per heavy atom. The molecule has 0 saturated carbocycles. The number of rotatable bonds is 7. The average molecular weight is 386 g/mol. The maximum Gasteiger partial charge on any atom is 0.293 e. The number of methoxy groups -OCH3 is 1. The molecule has 1 amide bonds. The van der Waals surface area contributed by atoms with Gasteiger partial charge in [0.1, 0.15) is 0 Å². The molecule has 0 bridgehead atoms. The molecule has 0 spiro atoms. The molecule has 0 aliphatic carbocycles. The molecule has 3 aromatic rings. The van der Waals surface area contributed by atoms with E-state index < -0.39 is 5.91 Å². The summed E-state index contributed by atoms with van der Waals surface area (Å²) in [4.78, 5) is 12.5. The van der Waals surface area contributed by atoms with Gasteiger partial charge in [-0.25, -0.2) is 10.1 Å². The number of nitrogens with zero attached hydrogens (tertiary/aromatic N) is 6. The highest BCUT2D eigenvalue weighted by molar-refractivity contribution is 5.94. The first-order valence-corrected chi connectivity index (χ1v) is 8.29. The van der Waals surface area contributed by atoms with E-state index in [2.05, 4.69) is 35.8 Å². The summed E-state index contributed by atoms with van der Waals surface area (Å²) in [6, 6.07) is 4.90. The van der Waals surface area contributed by atoms with Crippen molar-refractivity contribution in [1.29, 1.82) is 0 Å². The zero-order valence-electron chi connectivity index (χ0n) is 15.2. The van der Waals surface area contributed by atoms with Gasteiger partial charge in [0.25, 0.3) is 5.91 Å². The molecular weight excluding hydrogens is 368 g/mol. The number of aromatic nitrogens is 5. The maximum atomic E-state index is 12.5. The molecule has 2 heterocycles. The van der Waals surface area contributed by atoms with Crippen LogP contribution < -0.4 is 15.9 Å². The predicted octanol–water partition coefficient (Wildman–Crippen LogP) is 0.663. The number of ether oxygens (including phenoxy) is 1. The van der Waals surface area contributed by atoms with Gasteiger partial charge in [-0.1, -0.05) is 24.6 Å². The molecule has 12 heteroatoms. The first-order chi connectivity index (χ1) is 13.6. The summed E-state index contributed by atoms with van der Waals surface area (Å²) in [5.41, 5.74) is 8.98. The molecule has 3 rings (SSSR count). The van der Waals surface area contributed by atoms with Crippen molar-refractivity contribution in [2.75, 3.05) is 12.8 Å². The van der Waals surface area contributed by atoms with E-state index in [9.17, 15) is 9.90 Å². The van der Waals surface area contributed by atoms with Gasteiger partial charge >= 0.3 is 0 Å². The van der Waals surface area contributed by atoms with Gasteiger partial charge in [-0.2, -0.15) is 9.78 Å². The largest absolute Gasteiger partial charge is 0.504 e. The van der Waals surface area contributed by atoms with Crippen molar-refractivity contribution < 1.29 is 19.3 Å². The highest BCUT2D eigenvalue weighted by Crippen LogP contribution is 2.27. The Kier molecular flexibility index (Phi) is 5.48. The van der Waals surface area contributed by atoms with Crippen molar-refractivity contribution in [3.05, 3.63) is 35.2 Å². The molecule has 12 nitrogen and oxygen atoms in total. The predicted molar refractivity (Wildman–Crippen MR) is 97.3 cm³/mol. The van der Waals surface area contributed by atoms with Gasteiger partial charge in [-0.3, -0.25) is 4.79 Å². The smallest absolute Gasteiger partial charge is 0.293 e. The minimum atomic E-state index is -0.580. The number of anilines is 1. The number of nitrogens with two attached hydrogens (primary N) is 1. The van der Waals surface area contributed by atoms with Crippen LogP contribution in [0.3, 0.4) is 0 Å². The number of phenolic OH excluding ortho intramolecular Hbond substituents is 1. The summed E-state index contributed by atoms with van der Waals surface area (Å²) in [7, 11) is 1.44. The number of carbonyl (C=O) groups excluding carboxylic acids is 1. The van der Waals surface area contributed by atoms with Gasteiger partial charge in [-0.15, -0.1) is 5.10 Å². The summed E-state index contributed by atoms with van der Waals surface area (Å²) < 4.78 is 10.9. The Morgan fingerprint density at radius 1 is 1.46 bits per heavy atom. The number of hydrogen-bond acceptors (Lipinski definition) is 10. The summed E-state index contributed by atoms with van der Waals surface area (Å²) in [5, 5.41) is 28.9. The second-order valence-electron chi connectivity index (χ2n) is 5.62. The number of para-hydroxylation sites is 1. The standard InChI is InChI=1S/C16H18N8O4/c1-3-5-10-12(19-23-24(10)15-14(17)21-28-22-15)16(26)20-18-8-9-6-4-7-11(27-2)13(9)25/h4,6-8,25H,3,5H2,1-2H3,(H2,17,21)(H,20,26)/b18-8+. The number of hydrazone groups is 1. The first kappa shape index (κ1) is 18.8. The van der Waals surface area contributed by atoms with Crippen LogP contribution >= 0.6 is 0 Å². The first-order valence-electron chi connectivity index (χ1n) is 8.29. The van der Waals surface area contributed by atoms with Crippen LogP contribution in [0.4, 0.5) is 5.82 Å². The Hall–Kier alpha value is -3.96. The molecule has 0 fully saturated rings. The number of nitrogens with one attached hydrogen (secondary N) is 1. The highest BCUT2D eigenvalue weighted by Gasteiger charge is 2.23. The molecule has 1 aromatic carbocycles. The number of nitrogen functional groups attached to an aromatic ring is 1. The van der Waals surface area contributed by atoms with Crippen LogP contribution in [0.15, 0.2) is 27.9 Å². The van der Waals surface area contributed by atoms with Crippen molar-refractivity contribution in [3.63, 3.8) is 0 Å². The van der Waals surface area contributed by atoms with Crippen molar-refractivity contribution in [1.82, 2.24) is 30.7 Å². The molecule has 0 aliphatic heterocycles. The Bertz CT molecular complexity index is 1010. The molecule has 4 N–H and O–H groups in total. The van der Waals surface area contributed by atoms with Crippen LogP contribution in [-0.2, 0) is 6.42 Å². The van der Waals surface area contributed by atoms with Gasteiger partial charge in [-0.05, 0) is 28.9 Å². The number of hydrogen-bond donors (Lipinski definition) is 3. The number of phenols is 1. The van der Waals surface area contributed by atoms with E-state index in [0.717, 1.165) is 6.42 Å². The Balaban J connectivity index is 1.81. The molecule has 0 atom stereocenters. The monoisotopic (exact) mass is 386 g/mol. The molecule has 2 aromatic heterocycles. The van der Waals surface area contributed by atoms with E-state index in [1.165, 1.54) is 18.0 Å². The van der Waals surface area contributed by atoms with Crippen LogP contribution in [0.1, 0.15) is 35.1 Å². The number of amides is 1. The summed E-state index contributed by atoms with van der Waals surface area (Å²) in [6.45, 7) is 1.94. The normalized spacial score (nSPS) is 11.1. The second-order valence-corrected chi connectivity index (χ2v) is 5.62. The number of benzene rings is 1. The minimum Gasteiger partial charge on any atom is -0.504 e. The van der Waals surface area contributed by atoms with E-state index >= 15 is 0 Å². The Morgan fingerprint density at radius 3 is 2.96 bits per heavy atom. The van der Waals surface area contributed by atoms with Crippen LogP contribution in [0, 0.1) is 0 Å². The molecule has 0 saturated heterocycles. The third kappa shape index (κ3) is 3.60. The molecule has 0 unspecified atom stereocenters. The van der Waals surface area contributed by atoms with Gasteiger partial charge < -0.3 is 15.6 Å². The van der Waals surface area contributed by atoms with Gasteiger partial charge in [0.05, 0.1) is 19.0 Å². The molecular formula is C16H18N8O4. The second kappa shape index (κ2) is 8.16. The van der Waals surface area contributed by atoms with Crippen LogP contribution in [0.25, 0.3) is 5.82 Å². The maximum absolute atomic E-state index is 12.5. The average Bonchev–Trinajstić information content (AvgIpc) is 3.29. The van der Waals surface area contributed by atoms with Crippen molar-refractivity contribution in [2.45, 2.75) is 19.8 Å². The molecule has 28 heavy (non-hydrogen) atoms. The summed E-state index contributed by atoms with van der Waals surface area (Å²) >= 11 is 0. The van der Waals surface area contributed by atoms with E-state index in [0.29, 0.717) is 23.4 Å². The lowest BCUT2D eigenvalue weighted by atomic mass is 10.2. The van der Waals surface area contributed by atoms with Gasteiger partial charge in [0.2, 0.25) is 11.6 Å². The van der Waals surface area contributed by atoms with Gasteiger partial charge in [0, 0.05) is 5.56 Å². The fourth-order valence-electron chi connectivity index (χ4n) is 2.47. The fourth-order valence-corrected chi connectivity index (χ4v) is 2.47. The lowest BCUT2D eigenvalue weighted by Gasteiger charge is -2.05. The molecule has 0 aliphatic rings. The fraction of sp³-hybridized carbons (Fsp3) is 0.250. The minimum absolute atomic E-state index is 0.0285. The molecule has 146 valence electrons. The quantitative estimate of drug-likeness (QED) is 0.390. The summed E-state index contributed by atoms with van der Waals surface area (Å²) in [5.74, 6) is -0.194. The van der Waals surface area contributed by atoms with Crippen LogP contribution in [0.2, 0.25) is 0 Å². The topological polar surface area (TPSA) is 167 Å². The molecule has 0 radical (unpaired) electrons. The van der Waals surface area contributed by atoms with Crippen molar-refractivity contribution in [3.8, 4) is 17.3 Å². The number of aromatic hydroxyl groups is 1. The lowest BCUT2D eigenvalue weighted by molar-refractivity contribution is 0.0949. The van der Waals surface area contributed by atoms with E-state index in [1.54, 1.807) is 18.2 Å². The zero-order valence-corrected chi connectivity index (χ0v) is 15.2. The number of carbonyl (C=O) groups is 1. The van der Waals surface area contributed by atoms with Crippen LogP contribution in [-0.4, -0.2) is 49.6 Å². The lowest BCUT2D eigenvalue weighted by Crippen LogP contribution is -2.20. The van der Waals surface area contributed by atoms with Crippen molar-refractivity contribution >= 4 is 17.9 Å². The third-order valence-corrected chi connectivity index (χ3v) is 3.78. The van der Waals surface area contributed by atoms with Gasteiger partial charge in [0.15, 0.2) is 17.2 Å².